The van der Waals surface area contributed by atoms with Crippen molar-refractivity contribution in [2.75, 3.05) is 5.32 Å². The predicted octanol–water partition coefficient (Wildman–Crippen LogP) is 1.93. The van der Waals surface area contributed by atoms with Gasteiger partial charge in [0.15, 0.2) is 0 Å². The first-order valence-electron chi connectivity index (χ1n) is 6.19. The quantitative estimate of drug-likeness (QED) is 0.835. The molecule has 0 aliphatic carbocycles. The van der Waals surface area contributed by atoms with E-state index < -0.39 is 30.0 Å². The van der Waals surface area contributed by atoms with Gasteiger partial charge in [-0.25, -0.2) is 0 Å². The van der Waals surface area contributed by atoms with Crippen LogP contribution in [0, 0.1) is 11.8 Å². The molecule has 4 atom stereocenters. The zero-order valence-electron chi connectivity index (χ0n) is 10.3. The highest BCUT2D eigenvalue weighted by Gasteiger charge is 2.53. The predicted molar refractivity (Wildman–Crippen MR) is 72.5 cm³/mol. The normalized spacial score (nSPS) is 30.4. The van der Waals surface area contributed by atoms with Gasteiger partial charge in [-0.15, -0.1) is 0 Å². The Hall–Kier alpha value is -1.85. The van der Waals surface area contributed by atoms with E-state index in [1.165, 1.54) is 0 Å². The number of hydrogen-bond donors (Lipinski definition) is 2. The standard InChI is InChI=1S/C14H12ClNO4/c15-7-1-3-8(4-2-7)16-13(17)11-9-5-6-10(20-9)12(11)14(18)19/h1-6,9-12H,(H,16,17)(H,18,19)/t9-,10+,11?,12?/m1/s1. The number of amides is 1. The molecule has 0 aromatic heterocycles. The van der Waals surface area contributed by atoms with Gasteiger partial charge in [0.1, 0.15) is 5.92 Å². The molecule has 1 amide bonds. The van der Waals surface area contributed by atoms with Gasteiger partial charge in [0.25, 0.3) is 0 Å². The summed E-state index contributed by atoms with van der Waals surface area (Å²) in [6.07, 6.45) is 2.47. The molecule has 1 saturated heterocycles. The summed E-state index contributed by atoms with van der Waals surface area (Å²) in [4.78, 5) is 23.6. The van der Waals surface area contributed by atoms with Crippen molar-refractivity contribution < 1.29 is 19.4 Å². The van der Waals surface area contributed by atoms with E-state index in [0.717, 1.165) is 0 Å². The zero-order valence-corrected chi connectivity index (χ0v) is 11.1. The van der Waals surface area contributed by atoms with E-state index in [1.54, 1.807) is 36.4 Å². The monoisotopic (exact) mass is 293 g/mol. The summed E-state index contributed by atoms with van der Waals surface area (Å²) in [6.45, 7) is 0. The number of anilines is 1. The molecule has 2 bridgehead atoms. The van der Waals surface area contributed by atoms with E-state index in [0.29, 0.717) is 10.7 Å². The van der Waals surface area contributed by atoms with Crippen molar-refractivity contribution >= 4 is 29.2 Å². The molecule has 3 rings (SSSR count). The minimum Gasteiger partial charge on any atom is -0.481 e. The van der Waals surface area contributed by atoms with Crippen LogP contribution in [0.5, 0.6) is 0 Å². The SMILES string of the molecule is O=C(O)C1C(C(=O)Nc2ccc(Cl)cc2)[C@H]2C=C[C@@H]1O2. The third-order valence-corrected chi connectivity index (χ3v) is 3.85. The third-order valence-electron chi connectivity index (χ3n) is 3.60. The molecule has 1 aromatic carbocycles. The highest BCUT2D eigenvalue weighted by Crippen LogP contribution is 2.39. The summed E-state index contributed by atoms with van der Waals surface area (Å²) in [5, 5.41) is 12.5. The number of nitrogens with one attached hydrogen (secondary N) is 1. The molecule has 2 heterocycles. The maximum atomic E-state index is 12.3. The Labute approximate surface area is 120 Å². The molecular formula is C14H12ClNO4. The van der Waals surface area contributed by atoms with Crippen molar-refractivity contribution in [1.29, 1.82) is 0 Å². The minimum atomic E-state index is -1.02. The molecule has 0 spiro atoms. The number of benzene rings is 1. The molecule has 6 heteroatoms. The minimum absolute atomic E-state index is 0.350. The number of carbonyl (C=O) groups is 2. The highest BCUT2D eigenvalue weighted by atomic mass is 35.5. The second kappa shape index (κ2) is 4.92. The molecule has 5 nitrogen and oxygen atoms in total. The molecule has 104 valence electrons. The summed E-state index contributed by atoms with van der Waals surface area (Å²) in [5.74, 6) is -2.91. The lowest BCUT2D eigenvalue weighted by atomic mass is 9.82. The van der Waals surface area contributed by atoms with E-state index in [1.807, 2.05) is 0 Å². The lowest BCUT2D eigenvalue weighted by Crippen LogP contribution is -2.39. The Morgan fingerprint density at radius 1 is 1.10 bits per heavy atom. The zero-order chi connectivity index (χ0) is 14.3. The van der Waals surface area contributed by atoms with Gasteiger partial charge in [-0.3, -0.25) is 9.59 Å². The van der Waals surface area contributed by atoms with Crippen molar-refractivity contribution in [3.8, 4) is 0 Å². The first kappa shape index (κ1) is 13.1. The number of hydrogen-bond acceptors (Lipinski definition) is 3. The first-order chi connectivity index (χ1) is 9.56. The van der Waals surface area contributed by atoms with Gasteiger partial charge in [0.05, 0.1) is 18.1 Å². The van der Waals surface area contributed by atoms with E-state index >= 15 is 0 Å². The smallest absolute Gasteiger partial charge is 0.310 e. The van der Waals surface area contributed by atoms with Crippen LogP contribution in [0.4, 0.5) is 5.69 Å². The van der Waals surface area contributed by atoms with Crippen LogP contribution < -0.4 is 5.32 Å². The highest BCUT2D eigenvalue weighted by molar-refractivity contribution is 6.30. The molecular weight excluding hydrogens is 282 g/mol. The number of ether oxygens (including phenoxy) is 1. The molecule has 20 heavy (non-hydrogen) atoms. The summed E-state index contributed by atoms with van der Waals surface area (Å²) < 4.78 is 5.46. The van der Waals surface area contributed by atoms with Crippen molar-refractivity contribution in [2.24, 2.45) is 11.8 Å². The fraction of sp³-hybridized carbons (Fsp3) is 0.286. The molecule has 2 N–H and O–H groups in total. The Morgan fingerprint density at radius 2 is 1.70 bits per heavy atom. The summed E-state index contributed by atoms with van der Waals surface area (Å²) in [5.41, 5.74) is 0.579. The van der Waals surface area contributed by atoms with Gasteiger partial charge >= 0.3 is 5.97 Å². The molecule has 2 aliphatic rings. The summed E-state index contributed by atoms with van der Waals surface area (Å²) in [7, 11) is 0. The van der Waals surface area contributed by atoms with Crippen LogP contribution in [0.25, 0.3) is 0 Å². The van der Waals surface area contributed by atoms with Crippen LogP contribution in [0.1, 0.15) is 0 Å². The molecule has 1 aromatic rings. The third kappa shape index (κ3) is 2.19. The van der Waals surface area contributed by atoms with Crippen LogP contribution in [-0.2, 0) is 14.3 Å². The van der Waals surface area contributed by atoms with Crippen molar-refractivity contribution in [1.82, 2.24) is 0 Å². The van der Waals surface area contributed by atoms with Gasteiger partial charge in [0, 0.05) is 10.7 Å². The number of carboxylic acids is 1. The Bertz CT molecular complexity index is 583. The van der Waals surface area contributed by atoms with Gasteiger partial charge in [-0.05, 0) is 24.3 Å². The Morgan fingerprint density at radius 3 is 2.30 bits per heavy atom. The summed E-state index contributed by atoms with van der Waals surface area (Å²) >= 11 is 5.77. The summed E-state index contributed by atoms with van der Waals surface area (Å²) in [6, 6.07) is 6.64. The first-order valence-corrected chi connectivity index (χ1v) is 6.57. The Kier molecular flexibility index (Phi) is 3.23. The largest absolute Gasteiger partial charge is 0.481 e. The van der Waals surface area contributed by atoms with Crippen molar-refractivity contribution in [3.05, 3.63) is 41.4 Å². The second-order valence-electron chi connectivity index (χ2n) is 4.84. The van der Waals surface area contributed by atoms with E-state index in [2.05, 4.69) is 5.32 Å². The Balaban J connectivity index is 1.78. The fourth-order valence-corrected chi connectivity index (χ4v) is 2.80. The maximum Gasteiger partial charge on any atom is 0.310 e. The second-order valence-corrected chi connectivity index (χ2v) is 5.27. The van der Waals surface area contributed by atoms with Gasteiger partial charge in [-0.2, -0.15) is 0 Å². The average Bonchev–Trinajstić information content (AvgIpc) is 3.01. The number of aliphatic carboxylic acids is 1. The van der Waals surface area contributed by atoms with Gasteiger partial charge in [0.2, 0.25) is 5.91 Å². The molecule has 0 saturated carbocycles. The van der Waals surface area contributed by atoms with Gasteiger partial charge in [-0.1, -0.05) is 23.8 Å². The number of fused-ring (bicyclic) bond motifs is 2. The maximum absolute atomic E-state index is 12.3. The number of carbonyl (C=O) groups excluding carboxylic acids is 1. The lowest BCUT2D eigenvalue weighted by Gasteiger charge is -2.20. The fourth-order valence-electron chi connectivity index (χ4n) is 2.67. The van der Waals surface area contributed by atoms with E-state index in [9.17, 15) is 14.7 Å². The molecule has 2 aliphatic heterocycles. The van der Waals surface area contributed by atoms with Crippen molar-refractivity contribution in [3.63, 3.8) is 0 Å². The number of rotatable bonds is 3. The van der Waals surface area contributed by atoms with E-state index in [4.69, 9.17) is 16.3 Å². The van der Waals surface area contributed by atoms with Crippen molar-refractivity contribution in [2.45, 2.75) is 12.2 Å². The van der Waals surface area contributed by atoms with Crippen LogP contribution in [0.2, 0.25) is 5.02 Å². The van der Waals surface area contributed by atoms with Crippen LogP contribution in [-0.4, -0.2) is 29.2 Å². The topological polar surface area (TPSA) is 75.6 Å². The van der Waals surface area contributed by atoms with Crippen LogP contribution >= 0.6 is 11.6 Å². The number of halogens is 1. The molecule has 2 unspecified atom stereocenters. The van der Waals surface area contributed by atoms with E-state index in [-0.39, 0.29) is 5.91 Å². The van der Waals surface area contributed by atoms with Crippen LogP contribution in [0.15, 0.2) is 36.4 Å². The molecule has 0 radical (unpaired) electrons. The number of carboxylic acid groups (broad SMARTS) is 1. The van der Waals surface area contributed by atoms with Crippen LogP contribution in [0.3, 0.4) is 0 Å². The molecule has 1 fully saturated rings. The average molecular weight is 294 g/mol. The van der Waals surface area contributed by atoms with Gasteiger partial charge < -0.3 is 15.2 Å². The lowest BCUT2D eigenvalue weighted by molar-refractivity contribution is -0.145.